The zero-order valence-corrected chi connectivity index (χ0v) is 16.1. The Morgan fingerprint density at radius 2 is 1.92 bits per heavy atom. The van der Waals surface area contributed by atoms with E-state index in [4.69, 9.17) is 11.6 Å². The summed E-state index contributed by atoms with van der Waals surface area (Å²) in [7, 11) is 1.67. The molecule has 8 heteroatoms. The first kappa shape index (κ1) is 18.8. The highest BCUT2D eigenvalue weighted by atomic mass is 79.9. The van der Waals surface area contributed by atoms with Gasteiger partial charge in [0.25, 0.3) is 5.69 Å². The Kier molecular flexibility index (Phi) is 6.26. The van der Waals surface area contributed by atoms with Crippen LogP contribution in [0.3, 0.4) is 0 Å². The molecular weight excluding hydrogens is 416 g/mol. The number of benzene rings is 2. The van der Waals surface area contributed by atoms with Gasteiger partial charge in [-0.2, -0.15) is 0 Å². The largest absolute Gasteiger partial charge is 0.313 e. The number of halogens is 2. The van der Waals surface area contributed by atoms with Gasteiger partial charge in [-0.1, -0.05) is 27.5 Å². The molecule has 2 aromatic carbocycles. The van der Waals surface area contributed by atoms with Gasteiger partial charge in [0.15, 0.2) is 0 Å². The van der Waals surface area contributed by atoms with Crippen molar-refractivity contribution in [1.82, 2.24) is 0 Å². The van der Waals surface area contributed by atoms with Gasteiger partial charge < -0.3 is 4.90 Å². The molecule has 0 fully saturated rings. The smallest absolute Gasteiger partial charge is 0.269 e. The van der Waals surface area contributed by atoms with Crippen molar-refractivity contribution in [2.75, 3.05) is 11.9 Å². The third-order valence-corrected chi connectivity index (χ3v) is 5.21. The normalized spacial score (nSPS) is 11.8. The number of carbonyl (C=O) groups excluding carboxylic acids is 1. The summed E-state index contributed by atoms with van der Waals surface area (Å²) >= 11 is 10.9. The van der Waals surface area contributed by atoms with Crippen molar-refractivity contribution in [3.63, 3.8) is 0 Å². The van der Waals surface area contributed by atoms with Gasteiger partial charge in [-0.25, -0.2) is 0 Å². The summed E-state index contributed by atoms with van der Waals surface area (Å²) in [5.74, 6) is -0.109. The first-order valence-electron chi connectivity index (χ1n) is 6.93. The predicted octanol–water partition coefficient (Wildman–Crippen LogP) is 5.15. The number of hydrogen-bond acceptors (Lipinski definition) is 4. The number of hydrogen-bond donors (Lipinski definition) is 0. The van der Waals surface area contributed by atoms with E-state index >= 15 is 0 Å². The van der Waals surface area contributed by atoms with E-state index in [1.54, 1.807) is 38.2 Å². The van der Waals surface area contributed by atoms with E-state index in [1.807, 2.05) is 6.07 Å². The Labute approximate surface area is 157 Å². The Bertz CT molecular complexity index is 770. The Balaban J connectivity index is 2.09. The maximum atomic E-state index is 12.6. The minimum absolute atomic E-state index is 0.0251. The van der Waals surface area contributed by atoms with Crippen molar-refractivity contribution in [3.8, 4) is 0 Å². The van der Waals surface area contributed by atoms with Crippen molar-refractivity contribution in [2.45, 2.75) is 17.1 Å². The lowest BCUT2D eigenvalue weighted by Crippen LogP contribution is -2.33. The van der Waals surface area contributed by atoms with Crippen LogP contribution in [0.25, 0.3) is 0 Å². The van der Waals surface area contributed by atoms with Gasteiger partial charge in [0, 0.05) is 28.5 Å². The van der Waals surface area contributed by atoms with Crippen LogP contribution in [0, 0.1) is 10.1 Å². The molecular formula is C16H14BrClN2O3S. The van der Waals surface area contributed by atoms with Gasteiger partial charge in [-0.15, -0.1) is 11.8 Å². The average Bonchev–Trinajstić information content (AvgIpc) is 2.54. The van der Waals surface area contributed by atoms with Crippen LogP contribution in [0.4, 0.5) is 11.4 Å². The molecule has 1 unspecified atom stereocenters. The number of nitro benzene ring substituents is 1. The highest BCUT2D eigenvalue weighted by molar-refractivity contribution is 9.10. The fourth-order valence-corrected chi connectivity index (χ4v) is 3.81. The summed E-state index contributed by atoms with van der Waals surface area (Å²) in [6.45, 7) is 1.79. The van der Waals surface area contributed by atoms with E-state index < -0.39 is 4.92 Å². The number of carbonyl (C=O) groups is 1. The van der Waals surface area contributed by atoms with Crippen LogP contribution in [0.1, 0.15) is 6.92 Å². The molecule has 0 aliphatic heterocycles. The van der Waals surface area contributed by atoms with Gasteiger partial charge in [0.05, 0.1) is 20.9 Å². The standard InChI is InChI=1S/C16H14BrClN2O3S/c1-10(24-13-6-4-12(5-7-13)20(22)23)16(21)19(2)15-8-3-11(17)9-14(15)18/h3-10H,1-2H3. The highest BCUT2D eigenvalue weighted by Crippen LogP contribution is 2.31. The molecule has 0 N–H and O–H groups in total. The van der Waals surface area contributed by atoms with Crippen molar-refractivity contribution in [3.05, 3.63) is 62.1 Å². The van der Waals surface area contributed by atoms with Crippen LogP contribution in [0.15, 0.2) is 51.8 Å². The lowest BCUT2D eigenvalue weighted by Gasteiger charge is -2.22. The SMILES string of the molecule is CC(Sc1ccc([N+](=O)[O-])cc1)C(=O)N(C)c1ccc(Br)cc1Cl. The van der Waals surface area contributed by atoms with E-state index in [2.05, 4.69) is 15.9 Å². The average molecular weight is 430 g/mol. The zero-order chi connectivity index (χ0) is 17.9. The van der Waals surface area contributed by atoms with E-state index in [9.17, 15) is 14.9 Å². The minimum Gasteiger partial charge on any atom is -0.313 e. The molecule has 24 heavy (non-hydrogen) atoms. The molecule has 1 amide bonds. The maximum Gasteiger partial charge on any atom is 0.269 e. The van der Waals surface area contributed by atoms with Gasteiger partial charge in [-0.3, -0.25) is 14.9 Å². The molecule has 0 aromatic heterocycles. The topological polar surface area (TPSA) is 63.5 Å². The molecule has 2 aromatic rings. The number of rotatable bonds is 5. The quantitative estimate of drug-likeness (QED) is 0.374. The minimum atomic E-state index is -0.452. The van der Waals surface area contributed by atoms with E-state index in [1.165, 1.54) is 28.8 Å². The Hall–Kier alpha value is -1.57. The van der Waals surface area contributed by atoms with Crippen molar-refractivity contribution < 1.29 is 9.72 Å². The maximum absolute atomic E-state index is 12.6. The van der Waals surface area contributed by atoms with Gasteiger partial charge in [0.1, 0.15) is 0 Å². The molecule has 5 nitrogen and oxygen atoms in total. The summed E-state index contributed by atoms with van der Waals surface area (Å²) in [6.07, 6.45) is 0. The molecule has 0 radical (unpaired) electrons. The lowest BCUT2D eigenvalue weighted by atomic mass is 10.3. The van der Waals surface area contributed by atoms with Crippen LogP contribution in [-0.4, -0.2) is 23.1 Å². The summed E-state index contributed by atoms with van der Waals surface area (Å²) in [4.78, 5) is 25.1. The monoisotopic (exact) mass is 428 g/mol. The van der Waals surface area contributed by atoms with Crippen LogP contribution in [0.2, 0.25) is 5.02 Å². The Morgan fingerprint density at radius 1 is 1.29 bits per heavy atom. The summed E-state index contributed by atoms with van der Waals surface area (Å²) in [5, 5.41) is 10.8. The first-order chi connectivity index (χ1) is 11.3. The molecule has 0 aliphatic carbocycles. The summed E-state index contributed by atoms with van der Waals surface area (Å²) in [5.41, 5.74) is 0.651. The second kappa shape index (κ2) is 8.00. The van der Waals surface area contributed by atoms with Crippen molar-refractivity contribution >= 4 is 56.6 Å². The van der Waals surface area contributed by atoms with Crippen molar-refractivity contribution in [2.24, 2.45) is 0 Å². The van der Waals surface area contributed by atoms with Gasteiger partial charge >= 0.3 is 0 Å². The summed E-state index contributed by atoms with van der Waals surface area (Å²) in [6, 6.07) is 11.4. The van der Waals surface area contributed by atoms with Gasteiger partial charge in [-0.05, 0) is 37.3 Å². The fourth-order valence-electron chi connectivity index (χ4n) is 2.05. The molecule has 0 saturated carbocycles. The van der Waals surface area contributed by atoms with Crippen LogP contribution < -0.4 is 4.90 Å². The molecule has 0 bridgehead atoms. The lowest BCUT2D eigenvalue weighted by molar-refractivity contribution is -0.384. The van der Waals surface area contributed by atoms with E-state index in [0.29, 0.717) is 10.7 Å². The predicted molar refractivity (Wildman–Crippen MR) is 101 cm³/mol. The number of amides is 1. The molecule has 1 atom stereocenters. The zero-order valence-electron chi connectivity index (χ0n) is 12.9. The third kappa shape index (κ3) is 4.49. The van der Waals surface area contributed by atoms with Gasteiger partial charge in [0.2, 0.25) is 5.91 Å². The molecule has 126 valence electrons. The Morgan fingerprint density at radius 3 is 2.46 bits per heavy atom. The number of nitrogens with zero attached hydrogens (tertiary/aromatic N) is 2. The molecule has 2 rings (SSSR count). The number of anilines is 1. The number of nitro groups is 1. The van der Waals surface area contributed by atoms with Crippen molar-refractivity contribution in [1.29, 1.82) is 0 Å². The molecule has 0 aliphatic rings. The first-order valence-corrected chi connectivity index (χ1v) is 8.98. The highest BCUT2D eigenvalue weighted by Gasteiger charge is 2.21. The molecule has 0 spiro atoms. The number of non-ortho nitro benzene ring substituents is 1. The fraction of sp³-hybridized carbons (Fsp3) is 0.188. The van der Waals surface area contributed by atoms with Crippen LogP contribution >= 0.6 is 39.3 Å². The number of thioether (sulfide) groups is 1. The summed E-state index contributed by atoms with van der Waals surface area (Å²) < 4.78 is 0.838. The molecule has 0 saturated heterocycles. The molecule has 0 heterocycles. The second-order valence-electron chi connectivity index (χ2n) is 5.00. The van der Waals surface area contributed by atoms with E-state index in [-0.39, 0.29) is 16.8 Å². The second-order valence-corrected chi connectivity index (χ2v) is 7.74. The van der Waals surface area contributed by atoms with E-state index in [0.717, 1.165) is 9.37 Å². The van der Waals surface area contributed by atoms with Crippen LogP contribution in [-0.2, 0) is 4.79 Å². The van der Waals surface area contributed by atoms with Crippen LogP contribution in [0.5, 0.6) is 0 Å². The third-order valence-electron chi connectivity index (χ3n) is 3.31.